The molecule has 1 aliphatic heterocycles. The lowest BCUT2D eigenvalue weighted by atomic mass is 10.1. The van der Waals surface area contributed by atoms with Crippen molar-refractivity contribution in [2.24, 2.45) is 0 Å². The van der Waals surface area contributed by atoms with E-state index in [1.807, 2.05) is 16.0 Å². The first-order chi connectivity index (χ1) is 13.2. The number of nitrogens with zero attached hydrogens (tertiary/aromatic N) is 3. The van der Waals surface area contributed by atoms with E-state index in [0.29, 0.717) is 12.2 Å². The standard InChI is InChI=1S/C20H24N4O2S/c1-15-3-5-16(6-4-15)17-13-24-18(14-27-20(24)22-17)19(25)21-7-2-8-23-9-11-26-12-10-23/h3-6,13-14H,2,7-12H2,1H3,(H,21,25). The zero-order chi connectivity index (χ0) is 18.6. The molecule has 1 saturated heterocycles. The molecule has 6 nitrogen and oxygen atoms in total. The number of hydrogen-bond donors (Lipinski definition) is 1. The van der Waals surface area contributed by atoms with E-state index >= 15 is 0 Å². The maximum absolute atomic E-state index is 12.6. The number of fused-ring (bicyclic) bond motifs is 1. The molecule has 1 amide bonds. The van der Waals surface area contributed by atoms with Gasteiger partial charge >= 0.3 is 0 Å². The Balaban J connectivity index is 1.37. The summed E-state index contributed by atoms with van der Waals surface area (Å²) in [5.41, 5.74) is 3.82. The van der Waals surface area contributed by atoms with E-state index in [2.05, 4.69) is 46.4 Å². The quantitative estimate of drug-likeness (QED) is 0.664. The highest BCUT2D eigenvalue weighted by molar-refractivity contribution is 7.15. The van der Waals surface area contributed by atoms with E-state index in [9.17, 15) is 4.79 Å². The van der Waals surface area contributed by atoms with Gasteiger partial charge in [-0.3, -0.25) is 14.1 Å². The highest BCUT2D eigenvalue weighted by Crippen LogP contribution is 2.24. The number of rotatable bonds is 6. The summed E-state index contributed by atoms with van der Waals surface area (Å²) in [4.78, 5) is 20.4. The summed E-state index contributed by atoms with van der Waals surface area (Å²) < 4.78 is 7.24. The molecule has 1 fully saturated rings. The summed E-state index contributed by atoms with van der Waals surface area (Å²) in [5.74, 6) is -0.0453. The molecule has 142 valence electrons. The van der Waals surface area contributed by atoms with E-state index in [1.54, 1.807) is 0 Å². The Morgan fingerprint density at radius 2 is 2.04 bits per heavy atom. The summed E-state index contributed by atoms with van der Waals surface area (Å²) in [5, 5.41) is 4.91. The molecule has 0 radical (unpaired) electrons. The number of aromatic nitrogens is 2. The van der Waals surface area contributed by atoms with Crippen molar-refractivity contribution in [3.8, 4) is 11.3 Å². The summed E-state index contributed by atoms with van der Waals surface area (Å²) in [6.07, 6.45) is 2.89. The van der Waals surface area contributed by atoms with Crippen LogP contribution in [0.1, 0.15) is 22.5 Å². The first-order valence-electron chi connectivity index (χ1n) is 9.32. The van der Waals surface area contributed by atoms with Crippen LogP contribution in [-0.4, -0.2) is 59.6 Å². The predicted molar refractivity (Wildman–Crippen MR) is 107 cm³/mol. The van der Waals surface area contributed by atoms with Crippen molar-refractivity contribution in [2.75, 3.05) is 39.4 Å². The minimum absolute atomic E-state index is 0.0453. The molecule has 0 bridgehead atoms. The Bertz CT molecular complexity index is 910. The average molecular weight is 385 g/mol. The number of amides is 1. The number of benzene rings is 1. The first-order valence-corrected chi connectivity index (χ1v) is 10.2. The Morgan fingerprint density at radius 3 is 2.81 bits per heavy atom. The zero-order valence-corrected chi connectivity index (χ0v) is 16.3. The van der Waals surface area contributed by atoms with Crippen LogP contribution in [0.4, 0.5) is 0 Å². The van der Waals surface area contributed by atoms with Crippen LogP contribution in [0, 0.1) is 6.92 Å². The number of aryl methyl sites for hydroxylation is 1. The molecule has 0 spiro atoms. The number of imidazole rings is 1. The minimum Gasteiger partial charge on any atom is -0.379 e. The van der Waals surface area contributed by atoms with Crippen LogP contribution in [0.2, 0.25) is 0 Å². The van der Waals surface area contributed by atoms with Crippen LogP contribution in [-0.2, 0) is 4.74 Å². The third-order valence-electron chi connectivity index (χ3n) is 4.83. The summed E-state index contributed by atoms with van der Waals surface area (Å²) in [7, 11) is 0. The smallest absolute Gasteiger partial charge is 0.269 e. The van der Waals surface area contributed by atoms with Crippen molar-refractivity contribution in [2.45, 2.75) is 13.3 Å². The van der Waals surface area contributed by atoms with Gasteiger partial charge in [0.15, 0.2) is 4.96 Å². The van der Waals surface area contributed by atoms with Gasteiger partial charge in [-0.05, 0) is 19.9 Å². The molecule has 1 aromatic carbocycles. The first kappa shape index (κ1) is 18.2. The molecule has 0 aliphatic carbocycles. The molecule has 0 saturated carbocycles. The van der Waals surface area contributed by atoms with Gasteiger partial charge in [-0.15, -0.1) is 11.3 Å². The topological polar surface area (TPSA) is 58.9 Å². The van der Waals surface area contributed by atoms with Crippen molar-refractivity contribution in [3.05, 3.63) is 47.1 Å². The highest BCUT2D eigenvalue weighted by atomic mass is 32.1. The fraction of sp³-hybridized carbons (Fsp3) is 0.400. The number of ether oxygens (including phenoxy) is 1. The van der Waals surface area contributed by atoms with Crippen LogP contribution in [0.3, 0.4) is 0 Å². The van der Waals surface area contributed by atoms with Gasteiger partial charge in [0.05, 0.1) is 18.9 Å². The van der Waals surface area contributed by atoms with Gasteiger partial charge in [0.1, 0.15) is 5.69 Å². The monoisotopic (exact) mass is 384 g/mol. The van der Waals surface area contributed by atoms with E-state index in [-0.39, 0.29) is 5.91 Å². The Hall–Kier alpha value is -2.22. The summed E-state index contributed by atoms with van der Waals surface area (Å²) in [6.45, 7) is 7.31. The maximum Gasteiger partial charge on any atom is 0.269 e. The Kier molecular flexibility index (Phi) is 5.52. The summed E-state index contributed by atoms with van der Waals surface area (Å²) in [6, 6.07) is 8.27. The lowest BCUT2D eigenvalue weighted by Gasteiger charge is -2.26. The SMILES string of the molecule is Cc1ccc(-c2cn3c(C(=O)NCCCN4CCOCC4)csc3n2)cc1. The Labute approximate surface area is 162 Å². The fourth-order valence-electron chi connectivity index (χ4n) is 3.23. The second-order valence-electron chi connectivity index (χ2n) is 6.83. The van der Waals surface area contributed by atoms with Crippen LogP contribution in [0.15, 0.2) is 35.8 Å². The number of carbonyl (C=O) groups excluding carboxylic acids is 1. The summed E-state index contributed by atoms with van der Waals surface area (Å²) >= 11 is 1.49. The third-order valence-corrected chi connectivity index (χ3v) is 5.67. The van der Waals surface area contributed by atoms with E-state index < -0.39 is 0 Å². The molecule has 4 rings (SSSR count). The average Bonchev–Trinajstić information content (AvgIpc) is 3.27. The van der Waals surface area contributed by atoms with Crippen molar-refractivity contribution in [1.82, 2.24) is 19.6 Å². The molecular weight excluding hydrogens is 360 g/mol. The number of morpholine rings is 1. The number of carbonyl (C=O) groups is 1. The van der Waals surface area contributed by atoms with E-state index in [0.717, 1.165) is 55.5 Å². The van der Waals surface area contributed by atoms with Gasteiger partial charge < -0.3 is 10.1 Å². The molecular formula is C20H24N4O2S. The van der Waals surface area contributed by atoms with Crippen LogP contribution in [0.5, 0.6) is 0 Å². The molecule has 27 heavy (non-hydrogen) atoms. The van der Waals surface area contributed by atoms with Gasteiger partial charge in [0, 0.05) is 36.8 Å². The highest BCUT2D eigenvalue weighted by Gasteiger charge is 2.15. The largest absolute Gasteiger partial charge is 0.379 e. The van der Waals surface area contributed by atoms with Crippen LogP contribution in [0.25, 0.3) is 16.2 Å². The molecule has 0 atom stereocenters. The molecule has 3 heterocycles. The maximum atomic E-state index is 12.6. The minimum atomic E-state index is -0.0453. The van der Waals surface area contributed by atoms with Gasteiger partial charge in [0.2, 0.25) is 0 Å². The fourth-order valence-corrected chi connectivity index (χ4v) is 4.08. The molecule has 7 heteroatoms. The van der Waals surface area contributed by atoms with Crippen LogP contribution < -0.4 is 5.32 Å². The zero-order valence-electron chi connectivity index (χ0n) is 15.5. The Morgan fingerprint density at radius 1 is 1.26 bits per heavy atom. The van der Waals surface area contributed by atoms with E-state index in [1.165, 1.54) is 16.9 Å². The van der Waals surface area contributed by atoms with Gasteiger partial charge in [-0.1, -0.05) is 29.8 Å². The van der Waals surface area contributed by atoms with Gasteiger partial charge in [-0.2, -0.15) is 0 Å². The second-order valence-corrected chi connectivity index (χ2v) is 7.67. The normalized spacial score (nSPS) is 15.3. The molecule has 3 aromatic rings. The van der Waals surface area contributed by atoms with Crippen molar-refractivity contribution in [3.63, 3.8) is 0 Å². The van der Waals surface area contributed by atoms with Crippen molar-refractivity contribution < 1.29 is 9.53 Å². The molecule has 1 N–H and O–H groups in total. The molecule has 1 aliphatic rings. The van der Waals surface area contributed by atoms with Crippen molar-refractivity contribution >= 4 is 22.2 Å². The van der Waals surface area contributed by atoms with Gasteiger partial charge in [-0.25, -0.2) is 4.98 Å². The number of hydrogen-bond acceptors (Lipinski definition) is 5. The lowest BCUT2D eigenvalue weighted by Crippen LogP contribution is -2.38. The number of thiazole rings is 1. The molecule has 0 unspecified atom stereocenters. The van der Waals surface area contributed by atoms with Crippen LogP contribution >= 0.6 is 11.3 Å². The number of nitrogens with one attached hydrogen (secondary N) is 1. The van der Waals surface area contributed by atoms with Gasteiger partial charge in [0.25, 0.3) is 5.91 Å². The van der Waals surface area contributed by atoms with E-state index in [4.69, 9.17) is 4.74 Å². The molecule has 2 aromatic heterocycles. The predicted octanol–water partition coefficient (Wildman–Crippen LogP) is 2.82. The third kappa shape index (κ3) is 4.21. The lowest BCUT2D eigenvalue weighted by molar-refractivity contribution is 0.0374. The van der Waals surface area contributed by atoms with Crippen molar-refractivity contribution in [1.29, 1.82) is 0 Å². The second kappa shape index (κ2) is 8.21.